The average Bonchev–Trinajstić information content (AvgIpc) is 3.03. The van der Waals surface area contributed by atoms with Crippen molar-refractivity contribution in [1.29, 1.82) is 0 Å². The van der Waals surface area contributed by atoms with E-state index in [4.69, 9.17) is 0 Å². The molecule has 2 atom stereocenters. The van der Waals surface area contributed by atoms with Gasteiger partial charge in [0, 0.05) is 44.8 Å². The van der Waals surface area contributed by atoms with E-state index >= 15 is 0 Å². The first kappa shape index (κ1) is 21.5. The molecule has 0 spiro atoms. The third kappa shape index (κ3) is 5.67. The van der Waals surface area contributed by atoms with Gasteiger partial charge in [-0.05, 0) is 46.4 Å². The number of carbonyl (C=O) groups is 1. The first-order valence-electron chi connectivity index (χ1n) is 10.6. The lowest BCUT2D eigenvalue weighted by Gasteiger charge is -2.38. The Balaban J connectivity index is 1.63. The predicted octanol–water partition coefficient (Wildman–Crippen LogP) is 2.86. The first-order valence-corrected chi connectivity index (χ1v) is 10.6. The summed E-state index contributed by atoms with van der Waals surface area (Å²) in [7, 11) is 2.17. The third-order valence-electron chi connectivity index (χ3n) is 5.88. The molecule has 1 aliphatic rings. The fraction of sp³-hybridized carbons (Fsp3) is 0.565. The number of aromatic nitrogens is 2. The van der Waals surface area contributed by atoms with Crippen molar-refractivity contribution in [3.63, 3.8) is 0 Å². The molecule has 0 radical (unpaired) electrons. The number of likely N-dealkylation sites (N-methyl/N-ethyl adjacent to an activating group) is 1. The van der Waals surface area contributed by atoms with Crippen LogP contribution in [0.2, 0.25) is 0 Å². The Labute approximate surface area is 174 Å². The smallest absolute Gasteiger partial charge is 0.222 e. The molecule has 29 heavy (non-hydrogen) atoms. The summed E-state index contributed by atoms with van der Waals surface area (Å²) < 4.78 is 1.95. The van der Waals surface area contributed by atoms with Gasteiger partial charge in [-0.25, -0.2) is 0 Å². The van der Waals surface area contributed by atoms with Crippen molar-refractivity contribution in [2.45, 2.75) is 46.2 Å². The van der Waals surface area contributed by atoms with Crippen LogP contribution in [0.25, 0.3) is 0 Å². The molecule has 0 saturated carbocycles. The molecule has 0 aliphatic carbocycles. The van der Waals surface area contributed by atoms with Crippen molar-refractivity contribution < 1.29 is 4.79 Å². The number of benzene rings is 1. The minimum atomic E-state index is 0.0464. The highest BCUT2D eigenvalue weighted by molar-refractivity contribution is 5.76. The molecule has 6 nitrogen and oxygen atoms in total. The summed E-state index contributed by atoms with van der Waals surface area (Å²) in [5.74, 6) is 0.0799. The van der Waals surface area contributed by atoms with Crippen molar-refractivity contribution in [1.82, 2.24) is 24.9 Å². The van der Waals surface area contributed by atoms with Gasteiger partial charge in [-0.3, -0.25) is 14.4 Å². The van der Waals surface area contributed by atoms with Gasteiger partial charge in [-0.15, -0.1) is 0 Å². The summed E-state index contributed by atoms with van der Waals surface area (Å²) >= 11 is 0. The van der Waals surface area contributed by atoms with Crippen LogP contribution in [0, 0.1) is 20.8 Å². The zero-order valence-electron chi connectivity index (χ0n) is 18.5. The Hall–Kier alpha value is -2.18. The van der Waals surface area contributed by atoms with E-state index in [1.807, 2.05) is 18.5 Å². The third-order valence-corrected chi connectivity index (χ3v) is 5.88. The molecule has 0 unspecified atom stereocenters. The largest absolute Gasteiger partial charge is 0.354 e. The van der Waals surface area contributed by atoms with Crippen molar-refractivity contribution in [2.75, 3.05) is 39.8 Å². The molecule has 1 amide bonds. The maximum absolute atomic E-state index is 12.7. The van der Waals surface area contributed by atoms with Crippen LogP contribution in [-0.4, -0.2) is 65.3 Å². The van der Waals surface area contributed by atoms with Gasteiger partial charge in [0.2, 0.25) is 5.91 Å². The highest BCUT2D eigenvalue weighted by Crippen LogP contribution is 2.22. The first-order chi connectivity index (χ1) is 13.8. The Morgan fingerprint density at radius 1 is 1.10 bits per heavy atom. The van der Waals surface area contributed by atoms with E-state index < -0.39 is 0 Å². The molecule has 2 heterocycles. The van der Waals surface area contributed by atoms with E-state index in [0.29, 0.717) is 13.0 Å². The minimum Gasteiger partial charge on any atom is -0.354 e. The lowest BCUT2D eigenvalue weighted by Crippen LogP contribution is -2.48. The highest BCUT2D eigenvalue weighted by Gasteiger charge is 2.25. The van der Waals surface area contributed by atoms with Crippen molar-refractivity contribution in [3.05, 3.63) is 52.8 Å². The Morgan fingerprint density at radius 2 is 1.76 bits per heavy atom. The molecule has 2 aromatic rings. The molecule has 1 N–H and O–H groups in total. The Kier molecular flexibility index (Phi) is 7.09. The van der Waals surface area contributed by atoms with Gasteiger partial charge in [-0.1, -0.05) is 29.8 Å². The van der Waals surface area contributed by atoms with Crippen LogP contribution in [0.15, 0.2) is 30.3 Å². The van der Waals surface area contributed by atoms with Gasteiger partial charge >= 0.3 is 0 Å². The van der Waals surface area contributed by atoms with Gasteiger partial charge in [0.15, 0.2) is 0 Å². The number of nitrogens with zero attached hydrogens (tertiary/aromatic N) is 4. The number of amides is 1. The number of carbonyl (C=O) groups excluding carboxylic acids is 1. The minimum absolute atomic E-state index is 0.0464. The van der Waals surface area contributed by atoms with Gasteiger partial charge in [0.1, 0.15) is 0 Å². The molecule has 1 aromatic heterocycles. The summed E-state index contributed by atoms with van der Waals surface area (Å²) in [6, 6.07) is 11.0. The quantitative estimate of drug-likeness (QED) is 0.781. The molecule has 1 aliphatic heterocycles. The van der Waals surface area contributed by atoms with Crippen LogP contribution >= 0.6 is 0 Å². The Morgan fingerprint density at radius 3 is 2.34 bits per heavy atom. The molecule has 0 bridgehead atoms. The summed E-state index contributed by atoms with van der Waals surface area (Å²) in [6.45, 7) is 13.0. The lowest BCUT2D eigenvalue weighted by atomic mass is 10.0. The van der Waals surface area contributed by atoms with E-state index in [9.17, 15) is 4.79 Å². The molecule has 1 saturated heterocycles. The van der Waals surface area contributed by atoms with Gasteiger partial charge in [0.05, 0.1) is 17.8 Å². The molecular formula is C23H35N5O. The topological polar surface area (TPSA) is 53.4 Å². The standard InChI is InChI=1S/C23H35N5O/c1-17-6-8-21(9-7-17)22(27-12-10-26(5)11-13-27)16-24-23(29)15-20(4)28-19(3)14-18(2)25-28/h6-9,14,20,22H,10-13,15-16H2,1-5H3,(H,24,29)/t20-,22+/m1/s1. The molecule has 3 rings (SSSR count). The maximum atomic E-state index is 12.7. The van der Waals surface area contributed by atoms with Crippen LogP contribution in [0.1, 0.15) is 47.9 Å². The van der Waals surface area contributed by atoms with E-state index in [1.54, 1.807) is 0 Å². The molecular weight excluding hydrogens is 362 g/mol. The molecule has 1 aromatic carbocycles. The second-order valence-corrected chi connectivity index (χ2v) is 8.49. The van der Waals surface area contributed by atoms with Crippen LogP contribution in [0.4, 0.5) is 0 Å². The lowest BCUT2D eigenvalue weighted by molar-refractivity contribution is -0.122. The zero-order valence-corrected chi connectivity index (χ0v) is 18.5. The monoisotopic (exact) mass is 397 g/mol. The van der Waals surface area contributed by atoms with Crippen LogP contribution < -0.4 is 5.32 Å². The van der Waals surface area contributed by atoms with Crippen molar-refractivity contribution in [3.8, 4) is 0 Å². The zero-order chi connectivity index (χ0) is 21.0. The Bertz CT molecular complexity index is 805. The molecule has 158 valence electrons. The van der Waals surface area contributed by atoms with Crippen LogP contribution in [-0.2, 0) is 4.79 Å². The number of hydrogen-bond acceptors (Lipinski definition) is 4. The predicted molar refractivity (Wildman–Crippen MR) is 117 cm³/mol. The van der Waals surface area contributed by atoms with E-state index in [2.05, 4.69) is 71.4 Å². The van der Waals surface area contributed by atoms with Crippen molar-refractivity contribution >= 4 is 5.91 Å². The number of rotatable bonds is 7. The molecule has 1 fully saturated rings. The normalized spacial score (nSPS) is 17.8. The van der Waals surface area contributed by atoms with E-state index in [-0.39, 0.29) is 18.0 Å². The average molecular weight is 398 g/mol. The van der Waals surface area contributed by atoms with Gasteiger partial charge in [-0.2, -0.15) is 5.10 Å². The number of hydrogen-bond donors (Lipinski definition) is 1. The van der Waals surface area contributed by atoms with Gasteiger partial charge in [0.25, 0.3) is 0 Å². The SMILES string of the molecule is Cc1ccc([C@H](CNC(=O)C[C@@H](C)n2nc(C)cc2C)N2CCN(C)CC2)cc1. The number of aryl methyl sites for hydroxylation is 3. The molecule has 6 heteroatoms. The fourth-order valence-electron chi connectivity index (χ4n) is 4.11. The van der Waals surface area contributed by atoms with E-state index in [1.165, 1.54) is 11.1 Å². The van der Waals surface area contributed by atoms with Crippen LogP contribution in [0.3, 0.4) is 0 Å². The van der Waals surface area contributed by atoms with Crippen LogP contribution in [0.5, 0.6) is 0 Å². The summed E-state index contributed by atoms with van der Waals surface area (Å²) in [5.41, 5.74) is 4.61. The van der Waals surface area contributed by atoms with E-state index in [0.717, 1.165) is 37.6 Å². The number of nitrogens with one attached hydrogen (secondary N) is 1. The fourth-order valence-corrected chi connectivity index (χ4v) is 4.11. The second-order valence-electron chi connectivity index (χ2n) is 8.49. The number of piperazine rings is 1. The van der Waals surface area contributed by atoms with Gasteiger partial charge < -0.3 is 10.2 Å². The summed E-state index contributed by atoms with van der Waals surface area (Å²) in [5, 5.41) is 7.71. The second kappa shape index (κ2) is 9.55. The summed E-state index contributed by atoms with van der Waals surface area (Å²) in [4.78, 5) is 17.5. The highest BCUT2D eigenvalue weighted by atomic mass is 16.1. The maximum Gasteiger partial charge on any atom is 0.222 e. The summed E-state index contributed by atoms with van der Waals surface area (Å²) in [6.07, 6.45) is 0.436. The van der Waals surface area contributed by atoms with Crippen molar-refractivity contribution in [2.24, 2.45) is 0 Å².